The Morgan fingerprint density at radius 3 is 2.76 bits per heavy atom. The molecule has 0 amide bonds. The van der Waals surface area contributed by atoms with Crippen molar-refractivity contribution in [1.82, 2.24) is 9.13 Å². The Bertz CT molecular complexity index is 1090. The van der Waals surface area contributed by atoms with Crippen LogP contribution in [0.3, 0.4) is 0 Å². The Balaban J connectivity index is 2.05. The minimum atomic E-state index is -1.06. The topological polar surface area (TPSA) is 111 Å². The van der Waals surface area contributed by atoms with E-state index in [9.17, 15) is 14.4 Å². The van der Waals surface area contributed by atoms with Gasteiger partial charge < -0.3 is 15.7 Å². The van der Waals surface area contributed by atoms with Crippen molar-refractivity contribution in [2.24, 2.45) is 5.73 Å². The smallest absolute Gasteiger partial charge is 0.335 e. The van der Waals surface area contributed by atoms with E-state index >= 15 is 0 Å². The van der Waals surface area contributed by atoms with Gasteiger partial charge in [-0.15, -0.1) is 5.92 Å². The summed E-state index contributed by atoms with van der Waals surface area (Å²) in [6.45, 7) is 3.12. The molecule has 0 saturated carbocycles. The molecule has 1 aliphatic heterocycles. The zero-order chi connectivity index (χ0) is 21.0. The van der Waals surface area contributed by atoms with Crippen LogP contribution >= 0.6 is 0 Å². The molecule has 1 aromatic carbocycles. The molecule has 1 fully saturated rings. The number of hydrogen-bond acceptors (Lipinski definition) is 5. The summed E-state index contributed by atoms with van der Waals surface area (Å²) in [7, 11) is 0. The first-order valence-electron chi connectivity index (χ1n) is 9.47. The van der Waals surface area contributed by atoms with Crippen molar-refractivity contribution in [3.8, 4) is 11.8 Å². The lowest BCUT2D eigenvalue weighted by molar-refractivity contribution is 0.0696. The van der Waals surface area contributed by atoms with E-state index in [0.717, 1.165) is 24.0 Å². The zero-order valence-electron chi connectivity index (χ0n) is 16.3. The van der Waals surface area contributed by atoms with Crippen LogP contribution in [0.1, 0.15) is 35.7 Å². The van der Waals surface area contributed by atoms with Gasteiger partial charge in [-0.2, -0.15) is 0 Å². The summed E-state index contributed by atoms with van der Waals surface area (Å²) in [5.74, 6) is 5.13. The van der Waals surface area contributed by atoms with Crippen LogP contribution in [0.2, 0.25) is 0 Å². The first-order chi connectivity index (χ1) is 13.9. The molecule has 2 heterocycles. The highest BCUT2D eigenvalue weighted by Gasteiger charge is 2.22. The highest BCUT2D eigenvalue weighted by Crippen LogP contribution is 2.17. The van der Waals surface area contributed by atoms with Crippen molar-refractivity contribution < 1.29 is 9.90 Å². The molecule has 8 heteroatoms. The molecule has 0 aliphatic carbocycles. The molecule has 29 heavy (non-hydrogen) atoms. The highest BCUT2D eigenvalue weighted by molar-refractivity contribution is 5.87. The van der Waals surface area contributed by atoms with Gasteiger partial charge in [0.05, 0.1) is 18.7 Å². The van der Waals surface area contributed by atoms with E-state index in [1.54, 1.807) is 19.1 Å². The van der Waals surface area contributed by atoms with E-state index in [4.69, 9.17) is 10.8 Å². The lowest BCUT2D eigenvalue weighted by Crippen LogP contribution is -2.48. The van der Waals surface area contributed by atoms with Gasteiger partial charge in [-0.05, 0) is 37.5 Å². The first kappa shape index (κ1) is 20.4. The number of nitrogens with zero attached hydrogens (tertiary/aromatic N) is 3. The van der Waals surface area contributed by atoms with Crippen molar-refractivity contribution in [3.05, 3.63) is 62.3 Å². The average Bonchev–Trinajstić information content (AvgIpc) is 2.70. The Hall–Kier alpha value is -3.31. The van der Waals surface area contributed by atoms with Crippen LogP contribution in [0.4, 0.5) is 5.82 Å². The predicted octanol–water partition coefficient (Wildman–Crippen LogP) is 0.707. The molecule has 1 atom stereocenters. The van der Waals surface area contributed by atoms with Crippen molar-refractivity contribution in [2.45, 2.75) is 38.9 Å². The predicted molar refractivity (Wildman–Crippen MR) is 110 cm³/mol. The van der Waals surface area contributed by atoms with E-state index in [1.807, 2.05) is 4.90 Å². The minimum absolute atomic E-state index is 0.00856. The molecular formula is C21H24N4O4. The van der Waals surface area contributed by atoms with Gasteiger partial charge >= 0.3 is 11.7 Å². The summed E-state index contributed by atoms with van der Waals surface area (Å²) in [4.78, 5) is 39.1. The summed E-state index contributed by atoms with van der Waals surface area (Å²) in [5.41, 5.74) is 5.82. The van der Waals surface area contributed by atoms with E-state index in [2.05, 4.69) is 11.8 Å². The Morgan fingerprint density at radius 1 is 1.28 bits per heavy atom. The van der Waals surface area contributed by atoms with E-state index in [1.165, 1.54) is 22.8 Å². The lowest BCUT2D eigenvalue weighted by Gasteiger charge is -2.33. The fraction of sp³-hybridized carbons (Fsp3) is 0.381. The van der Waals surface area contributed by atoms with Crippen LogP contribution in [-0.2, 0) is 13.1 Å². The largest absolute Gasteiger partial charge is 0.478 e. The first-order valence-corrected chi connectivity index (χ1v) is 9.47. The number of benzene rings is 1. The Kier molecular flexibility index (Phi) is 6.20. The number of anilines is 1. The lowest BCUT2D eigenvalue weighted by atomic mass is 10.1. The van der Waals surface area contributed by atoms with Crippen LogP contribution < -0.4 is 21.9 Å². The molecular weight excluding hydrogens is 372 g/mol. The molecule has 1 unspecified atom stereocenters. The molecule has 0 radical (unpaired) electrons. The number of carbonyl (C=O) groups is 1. The maximum atomic E-state index is 13.1. The summed E-state index contributed by atoms with van der Waals surface area (Å²) in [5, 5.41) is 9.16. The number of carboxylic acids is 1. The molecule has 1 saturated heterocycles. The number of piperidine rings is 1. The van der Waals surface area contributed by atoms with Crippen molar-refractivity contribution >= 4 is 11.8 Å². The molecule has 0 bridgehead atoms. The van der Waals surface area contributed by atoms with Crippen LogP contribution in [0, 0.1) is 11.8 Å². The van der Waals surface area contributed by atoms with E-state index in [0.29, 0.717) is 17.9 Å². The average molecular weight is 396 g/mol. The zero-order valence-corrected chi connectivity index (χ0v) is 16.3. The third kappa shape index (κ3) is 4.58. The van der Waals surface area contributed by atoms with Crippen molar-refractivity contribution in [2.75, 3.05) is 18.0 Å². The number of rotatable bonds is 5. The van der Waals surface area contributed by atoms with Crippen LogP contribution in [-0.4, -0.2) is 39.3 Å². The molecule has 0 spiro atoms. The highest BCUT2D eigenvalue weighted by atomic mass is 16.4. The summed E-state index contributed by atoms with van der Waals surface area (Å²) >= 11 is 0. The van der Waals surface area contributed by atoms with Gasteiger partial charge in [-0.25, -0.2) is 9.59 Å². The Morgan fingerprint density at radius 2 is 2.07 bits per heavy atom. The second-order valence-corrected chi connectivity index (χ2v) is 7.08. The summed E-state index contributed by atoms with van der Waals surface area (Å²) < 4.78 is 2.59. The summed E-state index contributed by atoms with van der Waals surface area (Å²) in [6, 6.07) is 7.64. The van der Waals surface area contributed by atoms with Crippen LogP contribution in [0.5, 0.6) is 0 Å². The number of carboxylic acid groups (broad SMARTS) is 1. The Labute approximate surface area is 168 Å². The number of nitrogens with two attached hydrogens (primary N) is 1. The normalized spacial score (nSPS) is 16.2. The molecule has 1 aliphatic rings. The van der Waals surface area contributed by atoms with Gasteiger partial charge in [0.15, 0.2) is 0 Å². The molecule has 3 N–H and O–H groups in total. The molecule has 1 aromatic heterocycles. The van der Waals surface area contributed by atoms with Gasteiger partial charge in [0.1, 0.15) is 5.82 Å². The number of hydrogen-bond donors (Lipinski definition) is 2. The molecule has 3 rings (SSSR count). The van der Waals surface area contributed by atoms with Gasteiger partial charge in [0, 0.05) is 25.2 Å². The number of aromatic carboxylic acids is 1. The van der Waals surface area contributed by atoms with Crippen LogP contribution in [0.25, 0.3) is 0 Å². The monoisotopic (exact) mass is 396 g/mol. The van der Waals surface area contributed by atoms with Gasteiger partial charge in [0.2, 0.25) is 0 Å². The minimum Gasteiger partial charge on any atom is -0.478 e. The second kappa shape index (κ2) is 8.80. The second-order valence-electron chi connectivity index (χ2n) is 7.08. The van der Waals surface area contributed by atoms with Gasteiger partial charge in [0.25, 0.3) is 5.56 Å². The van der Waals surface area contributed by atoms with Gasteiger partial charge in [-0.3, -0.25) is 13.9 Å². The quantitative estimate of drug-likeness (QED) is 0.720. The standard InChI is InChI=1S/C21H24N4O4/c1-2-3-10-24-18(23-9-5-8-17(22)14-23)12-19(26)25(21(24)29)13-15-6-4-7-16(11-15)20(27)28/h4,6-7,11-12,17H,5,8-10,13-14,22H2,1H3,(H,27,28). The van der Waals surface area contributed by atoms with Crippen molar-refractivity contribution in [1.29, 1.82) is 0 Å². The molecule has 152 valence electrons. The van der Waals surface area contributed by atoms with Crippen molar-refractivity contribution in [3.63, 3.8) is 0 Å². The summed E-state index contributed by atoms with van der Waals surface area (Å²) in [6.07, 6.45) is 1.80. The number of aromatic nitrogens is 2. The third-order valence-electron chi connectivity index (χ3n) is 4.97. The molecule has 2 aromatic rings. The van der Waals surface area contributed by atoms with E-state index in [-0.39, 0.29) is 24.7 Å². The van der Waals surface area contributed by atoms with Gasteiger partial charge in [-0.1, -0.05) is 18.1 Å². The fourth-order valence-electron chi connectivity index (χ4n) is 3.52. The maximum Gasteiger partial charge on any atom is 0.335 e. The maximum absolute atomic E-state index is 13.1. The van der Waals surface area contributed by atoms with Crippen LogP contribution in [0.15, 0.2) is 39.9 Å². The third-order valence-corrected chi connectivity index (χ3v) is 4.97. The fourth-order valence-corrected chi connectivity index (χ4v) is 3.52. The van der Waals surface area contributed by atoms with E-state index < -0.39 is 17.2 Å². The molecule has 8 nitrogen and oxygen atoms in total. The SMILES string of the molecule is CC#CCn1c(N2CCCC(N)C2)cc(=O)n(Cc2cccc(C(=O)O)c2)c1=O.